The third-order valence-electron chi connectivity index (χ3n) is 0.323. The number of rotatable bonds is 0. The van der Waals surface area contributed by atoms with Gasteiger partial charge in [-0.1, -0.05) is 0 Å². The number of hydrogen-bond acceptors (Lipinski definition) is 2. The van der Waals surface area contributed by atoms with Crippen LogP contribution in [-0.2, 0) is 10.0 Å². The van der Waals surface area contributed by atoms with Gasteiger partial charge in [-0.25, -0.2) is 13.6 Å². The van der Waals surface area contributed by atoms with Crippen LogP contribution < -0.4 is 5.14 Å². The molecule has 3 nitrogen and oxygen atoms in total. The van der Waals surface area contributed by atoms with Gasteiger partial charge < -0.3 is 0 Å². The molecule has 2 N–H and O–H groups in total. The highest BCUT2D eigenvalue weighted by Gasteiger charge is 2.42. The lowest BCUT2D eigenvalue weighted by Gasteiger charge is -1.98. The van der Waals surface area contributed by atoms with Gasteiger partial charge in [0, 0.05) is 23.1 Å². The number of halogens is 3. The Hall–Kier alpha value is 0.466. The normalized spacial score (nSPS) is 12.4. The van der Waals surface area contributed by atoms with E-state index in [0.717, 1.165) is 0 Å². The SMILES string of the molecule is NS(=O)(=O)C(F)(F)F.[Mg]. The van der Waals surface area contributed by atoms with Crippen LogP contribution in [0.15, 0.2) is 0 Å². The van der Waals surface area contributed by atoms with Crippen molar-refractivity contribution in [3.8, 4) is 0 Å². The highest BCUT2D eigenvalue weighted by atomic mass is 32.2. The Balaban J connectivity index is 0. The van der Waals surface area contributed by atoms with E-state index in [1.54, 1.807) is 0 Å². The third-order valence-corrected chi connectivity index (χ3v) is 0.968. The van der Waals surface area contributed by atoms with E-state index in [2.05, 4.69) is 5.14 Å². The lowest BCUT2D eigenvalue weighted by atomic mass is 11.6. The second-order valence-corrected chi connectivity index (χ2v) is 2.54. The number of alkyl halides is 3. The molecule has 9 heavy (non-hydrogen) atoms. The number of primary sulfonamides is 1. The van der Waals surface area contributed by atoms with E-state index in [9.17, 15) is 21.6 Å². The van der Waals surface area contributed by atoms with E-state index in [1.807, 2.05) is 0 Å². The molecule has 0 rings (SSSR count). The van der Waals surface area contributed by atoms with Crippen LogP contribution in [0.1, 0.15) is 0 Å². The first kappa shape index (κ1) is 12.2. The van der Waals surface area contributed by atoms with Crippen molar-refractivity contribution in [3.05, 3.63) is 0 Å². The predicted octanol–water partition coefficient (Wildman–Crippen LogP) is -0.586. The minimum Gasteiger partial charge on any atom is -0.221 e. The van der Waals surface area contributed by atoms with E-state index in [0.29, 0.717) is 0 Å². The summed E-state index contributed by atoms with van der Waals surface area (Å²) in [6.07, 6.45) is 0. The van der Waals surface area contributed by atoms with Crippen LogP contribution in [0.3, 0.4) is 0 Å². The van der Waals surface area contributed by atoms with Crippen molar-refractivity contribution in [2.45, 2.75) is 5.51 Å². The Morgan fingerprint density at radius 3 is 1.33 bits per heavy atom. The molecule has 0 unspecified atom stereocenters. The summed E-state index contributed by atoms with van der Waals surface area (Å²) < 4.78 is 51.2. The summed E-state index contributed by atoms with van der Waals surface area (Å²) in [5.41, 5.74) is -5.31. The van der Waals surface area contributed by atoms with Gasteiger partial charge in [0.15, 0.2) is 0 Å². The van der Waals surface area contributed by atoms with Crippen molar-refractivity contribution in [1.29, 1.82) is 0 Å². The monoisotopic (exact) mass is 173 g/mol. The van der Waals surface area contributed by atoms with Crippen LogP contribution >= 0.6 is 0 Å². The zero-order valence-electron chi connectivity index (χ0n) is 4.14. The number of hydrogen-bond donors (Lipinski definition) is 1. The molecule has 2 radical (unpaired) electrons. The zero-order valence-corrected chi connectivity index (χ0v) is 6.37. The van der Waals surface area contributed by atoms with Gasteiger partial charge in [0.05, 0.1) is 0 Å². The molecule has 0 aliphatic rings. The van der Waals surface area contributed by atoms with Crippen LogP contribution in [0, 0.1) is 0 Å². The quantitative estimate of drug-likeness (QED) is 0.498. The Kier molecular flexibility index (Phi) is 4.11. The summed E-state index contributed by atoms with van der Waals surface area (Å²) in [6, 6.07) is 0. The zero-order chi connectivity index (χ0) is 7.00. The number of nitrogens with two attached hydrogens (primary N) is 1. The molecule has 0 aliphatic heterocycles. The molecule has 0 aliphatic carbocycles. The van der Waals surface area contributed by atoms with Gasteiger partial charge in [-0.05, 0) is 0 Å². The van der Waals surface area contributed by atoms with Crippen molar-refractivity contribution >= 4 is 33.1 Å². The minimum atomic E-state index is -5.34. The average molecular weight is 173 g/mol. The Morgan fingerprint density at radius 2 is 1.33 bits per heavy atom. The van der Waals surface area contributed by atoms with Crippen LogP contribution in [0.25, 0.3) is 0 Å². The molecule has 0 saturated carbocycles. The fourth-order valence-electron chi connectivity index (χ4n) is 0. The standard InChI is InChI=1S/CH2F3NO2S.Mg/c2-1(3,4)8(5,6)7;/h(H2,5,6,7);. The predicted molar refractivity (Wildman–Crippen MR) is 24.9 cm³/mol. The first-order valence-corrected chi connectivity index (χ1v) is 2.89. The van der Waals surface area contributed by atoms with Gasteiger partial charge in [-0.2, -0.15) is 13.2 Å². The lowest BCUT2D eigenvalue weighted by Crippen LogP contribution is -2.30. The molecule has 8 heteroatoms. The van der Waals surface area contributed by atoms with Crippen LogP contribution in [0.2, 0.25) is 0 Å². The molecule has 0 spiro atoms. The molecular weight excluding hydrogens is 171 g/mol. The van der Waals surface area contributed by atoms with Gasteiger partial charge >= 0.3 is 15.5 Å². The van der Waals surface area contributed by atoms with E-state index in [4.69, 9.17) is 0 Å². The molecule has 0 atom stereocenters. The highest BCUT2D eigenvalue weighted by Crippen LogP contribution is 2.18. The Bertz CT molecular complexity index is 171. The Morgan fingerprint density at radius 1 is 1.22 bits per heavy atom. The topological polar surface area (TPSA) is 60.2 Å². The van der Waals surface area contributed by atoms with Gasteiger partial charge in [0.2, 0.25) is 0 Å². The molecule has 0 aromatic carbocycles. The van der Waals surface area contributed by atoms with Crippen LogP contribution in [-0.4, -0.2) is 37.0 Å². The molecular formula is CH2F3MgNO2S. The molecule has 0 saturated heterocycles. The highest BCUT2D eigenvalue weighted by molar-refractivity contribution is 7.90. The second kappa shape index (κ2) is 3.04. The van der Waals surface area contributed by atoms with E-state index in [-0.39, 0.29) is 23.1 Å². The summed E-state index contributed by atoms with van der Waals surface area (Å²) in [4.78, 5) is 0. The largest absolute Gasteiger partial charge is 0.511 e. The molecule has 0 aromatic rings. The number of sulfonamides is 1. The molecule has 0 aromatic heterocycles. The molecule has 0 heterocycles. The molecule has 0 amide bonds. The molecule has 0 bridgehead atoms. The second-order valence-electron chi connectivity index (χ2n) is 0.991. The fourth-order valence-corrected chi connectivity index (χ4v) is 0. The van der Waals surface area contributed by atoms with Crippen molar-refractivity contribution in [2.24, 2.45) is 5.14 Å². The maximum absolute atomic E-state index is 10.8. The summed E-state index contributed by atoms with van der Waals surface area (Å²) >= 11 is 0. The first-order valence-electron chi connectivity index (χ1n) is 1.34. The van der Waals surface area contributed by atoms with Gasteiger partial charge in [-0.15, -0.1) is 0 Å². The summed E-state index contributed by atoms with van der Waals surface area (Å²) in [6.45, 7) is 0. The van der Waals surface area contributed by atoms with Gasteiger partial charge in [-0.3, -0.25) is 0 Å². The summed E-state index contributed by atoms with van der Waals surface area (Å²) in [7, 11) is -5.34. The maximum atomic E-state index is 10.8. The van der Waals surface area contributed by atoms with E-state index >= 15 is 0 Å². The molecule has 0 fully saturated rings. The smallest absolute Gasteiger partial charge is 0.221 e. The minimum absolute atomic E-state index is 0. The van der Waals surface area contributed by atoms with Crippen LogP contribution in [0.5, 0.6) is 0 Å². The van der Waals surface area contributed by atoms with Crippen molar-refractivity contribution in [3.63, 3.8) is 0 Å². The lowest BCUT2D eigenvalue weighted by molar-refractivity contribution is -0.0436. The molecule has 52 valence electrons. The average Bonchev–Trinajstić information content (AvgIpc) is 1.25. The Labute approximate surface area is 65.6 Å². The first-order chi connectivity index (χ1) is 3.25. The van der Waals surface area contributed by atoms with E-state index < -0.39 is 15.5 Å². The van der Waals surface area contributed by atoms with E-state index in [1.165, 1.54) is 0 Å². The summed E-state index contributed by atoms with van der Waals surface area (Å²) in [5.74, 6) is 0. The van der Waals surface area contributed by atoms with Crippen molar-refractivity contribution < 1.29 is 21.6 Å². The van der Waals surface area contributed by atoms with Crippen LogP contribution in [0.4, 0.5) is 13.2 Å². The van der Waals surface area contributed by atoms with Crippen molar-refractivity contribution in [1.82, 2.24) is 0 Å². The van der Waals surface area contributed by atoms with Gasteiger partial charge in [0.25, 0.3) is 0 Å². The maximum Gasteiger partial charge on any atom is 0.511 e. The summed E-state index contributed by atoms with van der Waals surface area (Å²) in [5, 5.41) is 3.66. The third kappa shape index (κ3) is 3.95. The fraction of sp³-hybridized carbons (Fsp3) is 1.00. The van der Waals surface area contributed by atoms with Crippen molar-refractivity contribution in [2.75, 3.05) is 0 Å². The van der Waals surface area contributed by atoms with Gasteiger partial charge in [0.1, 0.15) is 0 Å².